The number of nitrogens with zero attached hydrogens (tertiary/aromatic N) is 6. The molecule has 2 aromatic heterocycles. The molecule has 0 spiro atoms. The minimum Gasteiger partial charge on any atom is -0.361 e. The molecular formula is C25H26F4N6O. The van der Waals surface area contributed by atoms with E-state index < -0.39 is 23.2 Å². The molecule has 1 aliphatic heterocycles. The van der Waals surface area contributed by atoms with E-state index in [0.717, 1.165) is 6.07 Å². The molecule has 1 aromatic carbocycles. The van der Waals surface area contributed by atoms with E-state index in [9.17, 15) is 22.4 Å². The lowest BCUT2D eigenvalue weighted by Gasteiger charge is -2.46. The fraction of sp³-hybridized carbons (Fsp3) is 0.440. The lowest BCUT2D eigenvalue weighted by molar-refractivity contribution is -0.137. The number of alkyl halides is 3. The number of pyridine rings is 1. The van der Waals surface area contributed by atoms with Crippen LogP contribution < -0.4 is 10.6 Å². The van der Waals surface area contributed by atoms with Crippen molar-refractivity contribution in [2.45, 2.75) is 51.5 Å². The van der Waals surface area contributed by atoms with Gasteiger partial charge in [0.2, 0.25) is 5.52 Å². The van der Waals surface area contributed by atoms with Crippen molar-refractivity contribution < 1.29 is 17.6 Å². The highest BCUT2D eigenvalue weighted by molar-refractivity contribution is 5.87. The fourth-order valence-electron chi connectivity index (χ4n) is 4.73. The van der Waals surface area contributed by atoms with Gasteiger partial charge in [-0.25, -0.2) is 9.18 Å². The van der Waals surface area contributed by atoms with Crippen molar-refractivity contribution in [1.82, 2.24) is 19.4 Å². The third-order valence-corrected chi connectivity index (χ3v) is 6.81. The Labute approximate surface area is 205 Å². The monoisotopic (exact) mass is 502 g/mol. The van der Waals surface area contributed by atoms with E-state index in [1.165, 1.54) is 10.6 Å². The number of rotatable bonds is 5. The van der Waals surface area contributed by atoms with Gasteiger partial charge in [0.05, 0.1) is 11.1 Å². The second-order valence-corrected chi connectivity index (χ2v) is 8.94. The van der Waals surface area contributed by atoms with Gasteiger partial charge in [-0.15, -0.1) is 4.98 Å². The first-order valence-corrected chi connectivity index (χ1v) is 11.7. The van der Waals surface area contributed by atoms with Crippen LogP contribution in [0, 0.1) is 12.4 Å². The summed E-state index contributed by atoms with van der Waals surface area (Å²) in [6.45, 7) is 12.4. The molecule has 36 heavy (non-hydrogen) atoms. The summed E-state index contributed by atoms with van der Waals surface area (Å²) < 4.78 is 54.9. The smallest absolute Gasteiger partial charge is 0.361 e. The maximum absolute atomic E-state index is 14.6. The summed E-state index contributed by atoms with van der Waals surface area (Å²) in [6, 6.07) is 5.71. The summed E-state index contributed by atoms with van der Waals surface area (Å²) in [4.78, 5) is 28.9. The highest BCUT2D eigenvalue weighted by atomic mass is 19.4. The predicted molar refractivity (Wildman–Crippen MR) is 128 cm³/mol. The Morgan fingerprint density at radius 1 is 1.08 bits per heavy atom. The van der Waals surface area contributed by atoms with Crippen molar-refractivity contribution in [3.05, 3.63) is 69.2 Å². The summed E-state index contributed by atoms with van der Waals surface area (Å²) in [6.07, 6.45) is -3.23. The Hall–Kier alpha value is -3.52. The van der Waals surface area contributed by atoms with Crippen molar-refractivity contribution in [3.8, 4) is 0 Å². The van der Waals surface area contributed by atoms with Crippen LogP contribution in [0.2, 0.25) is 0 Å². The van der Waals surface area contributed by atoms with E-state index in [2.05, 4.69) is 19.7 Å². The van der Waals surface area contributed by atoms with Crippen LogP contribution in [0.15, 0.2) is 35.1 Å². The average Bonchev–Trinajstić information content (AvgIpc) is 2.86. The Kier molecular flexibility index (Phi) is 7.00. The molecule has 2 atom stereocenters. The summed E-state index contributed by atoms with van der Waals surface area (Å²) in [5, 5.41) is 0. The second kappa shape index (κ2) is 9.85. The van der Waals surface area contributed by atoms with Crippen LogP contribution in [-0.2, 0) is 19.8 Å². The fourth-order valence-corrected chi connectivity index (χ4v) is 4.73. The minimum absolute atomic E-state index is 0.0700. The Balaban J connectivity index is 1.69. The third kappa shape index (κ3) is 4.78. The lowest BCUT2D eigenvalue weighted by atomic mass is 10.0. The van der Waals surface area contributed by atoms with E-state index in [1.54, 1.807) is 19.2 Å². The first-order chi connectivity index (χ1) is 17.1. The molecule has 0 radical (unpaired) electrons. The van der Waals surface area contributed by atoms with Gasteiger partial charge in [-0.1, -0.05) is 26.5 Å². The molecule has 0 N–H and O–H groups in total. The number of hydrogen-bond donors (Lipinski definition) is 0. The normalized spacial score (nSPS) is 19.0. The topological polar surface area (TPSA) is 58.6 Å². The number of fused-ring (bicyclic) bond motifs is 1. The van der Waals surface area contributed by atoms with Crippen LogP contribution in [-0.4, -0.2) is 44.6 Å². The van der Waals surface area contributed by atoms with Gasteiger partial charge in [-0.2, -0.15) is 18.2 Å². The number of hydrogen-bond acceptors (Lipinski definition) is 5. The minimum atomic E-state index is -4.60. The summed E-state index contributed by atoms with van der Waals surface area (Å²) in [5.74, 6) is -0.282. The molecule has 1 fully saturated rings. The molecule has 0 aliphatic carbocycles. The van der Waals surface area contributed by atoms with Gasteiger partial charge < -0.3 is 9.74 Å². The van der Waals surface area contributed by atoms with Gasteiger partial charge in [0.25, 0.3) is 5.82 Å². The highest BCUT2D eigenvalue weighted by Gasteiger charge is 2.36. The van der Waals surface area contributed by atoms with Crippen LogP contribution in [0.5, 0.6) is 0 Å². The van der Waals surface area contributed by atoms with Gasteiger partial charge in [-0.05, 0) is 37.1 Å². The Morgan fingerprint density at radius 2 is 1.81 bits per heavy atom. The van der Waals surface area contributed by atoms with Gasteiger partial charge in [0.1, 0.15) is 5.82 Å². The van der Waals surface area contributed by atoms with Crippen molar-refractivity contribution in [2.75, 3.05) is 18.0 Å². The number of anilines is 1. The zero-order valence-electron chi connectivity index (χ0n) is 20.2. The number of piperazine rings is 1. The van der Waals surface area contributed by atoms with E-state index in [1.807, 2.05) is 18.7 Å². The molecule has 4 rings (SSSR count). The molecule has 0 saturated carbocycles. The first kappa shape index (κ1) is 25.6. The molecular weight excluding hydrogens is 476 g/mol. The molecule has 3 heterocycles. The zero-order valence-corrected chi connectivity index (χ0v) is 20.2. The lowest BCUT2D eigenvalue weighted by Crippen LogP contribution is -2.58. The van der Waals surface area contributed by atoms with Crippen LogP contribution in [0.1, 0.15) is 37.8 Å². The molecule has 0 unspecified atom stereocenters. The van der Waals surface area contributed by atoms with Crippen molar-refractivity contribution in [2.24, 2.45) is 7.05 Å². The first-order valence-electron chi connectivity index (χ1n) is 11.7. The number of aryl methyl sites for hydroxylation is 1. The van der Waals surface area contributed by atoms with E-state index in [4.69, 9.17) is 6.57 Å². The maximum Gasteiger partial charge on any atom is 0.416 e. The van der Waals surface area contributed by atoms with E-state index in [0.29, 0.717) is 48.8 Å². The van der Waals surface area contributed by atoms with Crippen LogP contribution in [0.3, 0.4) is 0 Å². The number of aromatic nitrogens is 3. The maximum atomic E-state index is 14.6. The summed E-state index contributed by atoms with van der Waals surface area (Å²) in [7, 11) is 1.60. The predicted octanol–water partition coefficient (Wildman–Crippen LogP) is 4.92. The summed E-state index contributed by atoms with van der Waals surface area (Å²) >= 11 is 0. The average molecular weight is 503 g/mol. The molecule has 1 saturated heterocycles. The highest BCUT2D eigenvalue weighted by Crippen LogP contribution is 2.33. The van der Waals surface area contributed by atoms with Gasteiger partial charge in [0.15, 0.2) is 5.82 Å². The van der Waals surface area contributed by atoms with Gasteiger partial charge in [-0.3, -0.25) is 9.47 Å². The Morgan fingerprint density at radius 3 is 2.42 bits per heavy atom. The standard InChI is InChI=1S/C25H26F4N6O/c1-5-17-14-35(23-22-20(33(4)24(36)32-23)9-10-21(30-3)31-22)18(6-2)13-34(17)12-15-7-8-16(11-19(15)26)25(27,28)29/h7-11,17-18H,5-6,12-14H2,1-2,4H3/t17-,18+/m1/s1. The van der Waals surface area contributed by atoms with Crippen molar-refractivity contribution in [3.63, 3.8) is 0 Å². The van der Waals surface area contributed by atoms with Crippen molar-refractivity contribution >= 4 is 22.7 Å². The zero-order chi connectivity index (χ0) is 26.2. The number of halogens is 4. The summed E-state index contributed by atoms with van der Waals surface area (Å²) in [5.41, 5.74) is -0.227. The van der Waals surface area contributed by atoms with Crippen LogP contribution in [0.25, 0.3) is 15.9 Å². The van der Waals surface area contributed by atoms with E-state index >= 15 is 0 Å². The molecule has 0 amide bonds. The van der Waals surface area contributed by atoms with Gasteiger partial charge in [0, 0.05) is 44.3 Å². The molecule has 0 bridgehead atoms. The number of benzene rings is 1. The molecule has 1 aliphatic rings. The Bertz CT molecular complexity index is 1380. The van der Waals surface area contributed by atoms with Crippen molar-refractivity contribution in [1.29, 1.82) is 0 Å². The van der Waals surface area contributed by atoms with Gasteiger partial charge >= 0.3 is 11.9 Å². The quantitative estimate of drug-likeness (QED) is 0.366. The van der Waals surface area contributed by atoms with Crippen LogP contribution in [0.4, 0.5) is 29.2 Å². The second-order valence-electron chi connectivity index (χ2n) is 8.94. The molecule has 3 aromatic rings. The molecule has 11 heteroatoms. The van der Waals surface area contributed by atoms with Crippen LogP contribution >= 0.6 is 0 Å². The molecule has 190 valence electrons. The largest absolute Gasteiger partial charge is 0.416 e. The SMILES string of the molecule is [C-]#[N+]c1ccc2c(n1)c(N1C[C@@H](CC)N(Cc3ccc(C(F)(F)F)cc3F)C[C@@H]1CC)nc(=O)n2C. The molecule has 7 nitrogen and oxygen atoms in total. The van der Waals surface area contributed by atoms with E-state index in [-0.39, 0.29) is 30.0 Å². The third-order valence-electron chi connectivity index (χ3n) is 6.81.